The average molecular weight is 264 g/mol. The Labute approximate surface area is 121 Å². The third-order valence-electron chi connectivity index (χ3n) is 3.77. The molecule has 3 heteroatoms. The molecule has 0 fully saturated rings. The van der Waals surface area contributed by atoms with Crippen molar-refractivity contribution in [1.82, 2.24) is 0 Å². The summed E-state index contributed by atoms with van der Waals surface area (Å²) in [5, 5.41) is 9.68. The molecule has 1 heterocycles. The molecule has 0 atom stereocenters. The summed E-state index contributed by atoms with van der Waals surface area (Å²) in [6.07, 6.45) is 4.66. The molecule has 2 aromatic rings. The molecule has 2 nitrogen and oxygen atoms in total. The van der Waals surface area contributed by atoms with Crippen LogP contribution in [0.2, 0.25) is 0 Å². The lowest BCUT2D eigenvalue weighted by molar-refractivity contribution is 0.594. The van der Waals surface area contributed by atoms with E-state index < -0.39 is 0 Å². The van der Waals surface area contributed by atoms with Crippen molar-refractivity contribution in [3.63, 3.8) is 0 Å². The van der Waals surface area contributed by atoms with Crippen molar-refractivity contribution >= 4 is 29.1 Å². The first-order chi connectivity index (χ1) is 9.74. The van der Waals surface area contributed by atoms with E-state index in [1.807, 2.05) is 0 Å². The summed E-state index contributed by atoms with van der Waals surface area (Å²) in [5.74, 6) is 3.00. The van der Waals surface area contributed by atoms with E-state index in [0.717, 1.165) is 12.3 Å². The normalized spacial score (nSPS) is 13.8. The third-order valence-corrected chi connectivity index (χ3v) is 3.77. The fourth-order valence-electron chi connectivity index (χ4n) is 2.71. The largest absolute Gasteiger partial charge is 0.405 e. The second-order valence-corrected chi connectivity index (χ2v) is 5.87. The molecule has 3 rings (SSSR count). The first kappa shape index (κ1) is 13.1. The summed E-state index contributed by atoms with van der Waals surface area (Å²) < 4.78 is 0. The molecule has 2 aromatic carbocycles. The van der Waals surface area contributed by atoms with Crippen LogP contribution in [0.4, 0.5) is 11.4 Å². The van der Waals surface area contributed by atoms with Crippen LogP contribution >= 0.6 is 0 Å². The SMILES string of the molecule is CC(C)CC/C=C/B1Nc2cccc3cccc(c23)N1. The predicted octanol–water partition coefficient (Wildman–Crippen LogP) is 4.70. The first-order valence-electron chi connectivity index (χ1n) is 7.45. The lowest BCUT2D eigenvalue weighted by atomic mass is 9.73. The highest BCUT2D eigenvalue weighted by Crippen LogP contribution is 2.33. The molecule has 20 heavy (non-hydrogen) atoms. The zero-order valence-corrected chi connectivity index (χ0v) is 12.2. The lowest BCUT2D eigenvalue weighted by Gasteiger charge is -2.24. The van der Waals surface area contributed by atoms with Crippen LogP contribution < -0.4 is 10.5 Å². The number of allylic oxidation sites excluding steroid dienone is 1. The minimum atomic E-state index is 0.183. The van der Waals surface area contributed by atoms with Gasteiger partial charge in [0, 0.05) is 16.8 Å². The molecular formula is C17H21BN2. The summed E-state index contributed by atoms with van der Waals surface area (Å²) in [4.78, 5) is 0. The number of hydrogen-bond acceptors (Lipinski definition) is 2. The summed E-state index contributed by atoms with van der Waals surface area (Å²) in [5.41, 5.74) is 2.44. The van der Waals surface area contributed by atoms with E-state index in [2.05, 4.69) is 72.8 Å². The highest BCUT2D eigenvalue weighted by Gasteiger charge is 2.20. The van der Waals surface area contributed by atoms with Crippen molar-refractivity contribution < 1.29 is 0 Å². The van der Waals surface area contributed by atoms with Crippen molar-refractivity contribution in [2.45, 2.75) is 26.7 Å². The van der Waals surface area contributed by atoms with Crippen molar-refractivity contribution in [3.05, 3.63) is 48.4 Å². The zero-order valence-electron chi connectivity index (χ0n) is 12.2. The number of benzene rings is 2. The van der Waals surface area contributed by atoms with Crippen molar-refractivity contribution in [2.75, 3.05) is 10.5 Å². The van der Waals surface area contributed by atoms with E-state index in [1.165, 1.54) is 28.6 Å². The van der Waals surface area contributed by atoms with Crippen LogP contribution in [0.25, 0.3) is 10.8 Å². The second-order valence-electron chi connectivity index (χ2n) is 5.87. The summed E-state index contributed by atoms with van der Waals surface area (Å²) in [7, 11) is 0. The van der Waals surface area contributed by atoms with E-state index in [4.69, 9.17) is 0 Å². The van der Waals surface area contributed by atoms with Crippen LogP contribution in [0.3, 0.4) is 0 Å². The minimum Gasteiger partial charge on any atom is -0.405 e. The Balaban J connectivity index is 1.78. The van der Waals surface area contributed by atoms with E-state index >= 15 is 0 Å². The van der Waals surface area contributed by atoms with Crippen LogP contribution in [0.5, 0.6) is 0 Å². The molecule has 0 radical (unpaired) electrons. The Hall–Kier alpha value is -1.90. The smallest absolute Gasteiger partial charge is 0.398 e. The van der Waals surface area contributed by atoms with Gasteiger partial charge in [-0.3, -0.25) is 0 Å². The fraction of sp³-hybridized carbons (Fsp3) is 0.294. The molecule has 102 valence electrons. The van der Waals surface area contributed by atoms with Crippen LogP contribution in [0.15, 0.2) is 48.4 Å². The molecule has 0 aromatic heterocycles. The number of rotatable bonds is 4. The molecule has 0 saturated heterocycles. The van der Waals surface area contributed by atoms with E-state index in [-0.39, 0.29) is 6.98 Å². The number of hydrogen-bond donors (Lipinski definition) is 2. The van der Waals surface area contributed by atoms with Gasteiger partial charge in [0.1, 0.15) is 0 Å². The quantitative estimate of drug-likeness (QED) is 0.782. The van der Waals surface area contributed by atoms with Gasteiger partial charge in [-0.15, -0.1) is 0 Å². The van der Waals surface area contributed by atoms with Crippen LogP contribution in [-0.2, 0) is 0 Å². The van der Waals surface area contributed by atoms with Crippen molar-refractivity contribution in [2.24, 2.45) is 5.92 Å². The van der Waals surface area contributed by atoms with E-state index in [0.29, 0.717) is 0 Å². The Morgan fingerprint density at radius 2 is 1.70 bits per heavy atom. The topological polar surface area (TPSA) is 24.1 Å². The first-order valence-corrected chi connectivity index (χ1v) is 7.45. The standard InChI is InChI=1S/C17H21BN2/c1-13(2)7-3-4-12-18-19-15-10-5-8-14-9-6-11-16(20-18)17(14)15/h4-6,8-13,19-20H,3,7H2,1-2H3/b12-4+. The van der Waals surface area contributed by atoms with Gasteiger partial charge in [-0.05, 0) is 36.3 Å². The van der Waals surface area contributed by atoms with Gasteiger partial charge in [-0.1, -0.05) is 50.2 Å². The Morgan fingerprint density at radius 1 is 1.05 bits per heavy atom. The number of nitrogens with one attached hydrogen (secondary N) is 2. The van der Waals surface area contributed by atoms with Gasteiger partial charge in [0.25, 0.3) is 0 Å². The molecule has 0 saturated carbocycles. The Bertz CT molecular complexity index is 593. The average Bonchev–Trinajstić information content (AvgIpc) is 2.44. The molecule has 2 N–H and O–H groups in total. The molecule has 0 spiro atoms. The molecule has 0 aliphatic carbocycles. The van der Waals surface area contributed by atoms with Gasteiger partial charge in [0.05, 0.1) is 0 Å². The second kappa shape index (κ2) is 5.62. The van der Waals surface area contributed by atoms with Gasteiger partial charge >= 0.3 is 6.98 Å². The molecule has 0 bridgehead atoms. The van der Waals surface area contributed by atoms with Gasteiger partial charge in [-0.25, -0.2) is 0 Å². The van der Waals surface area contributed by atoms with Crippen LogP contribution in [0.1, 0.15) is 26.7 Å². The Morgan fingerprint density at radius 3 is 2.30 bits per heavy atom. The van der Waals surface area contributed by atoms with Gasteiger partial charge in [0.15, 0.2) is 0 Å². The molecule has 1 aliphatic rings. The highest BCUT2D eigenvalue weighted by atomic mass is 15.0. The fourth-order valence-corrected chi connectivity index (χ4v) is 2.71. The maximum absolute atomic E-state index is 3.55. The maximum Gasteiger partial charge on any atom is 0.398 e. The Kier molecular flexibility index (Phi) is 3.68. The summed E-state index contributed by atoms with van der Waals surface area (Å²) >= 11 is 0. The van der Waals surface area contributed by atoms with Crippen LogP contribution in [0, 0.1) is 5.92 Å². The zero-order chi connectivity index (χ0) is 13.9. The minimum absolute atomic E-state index is 0.183. The monoisotopic (exact) mass is 264 g/mol. The van der Waals surface area contributed by atoms with Gasteiger partial charge in [0.2, 0.25) is 0 Å². The van der Waals surface area contributed by atoms with Crippen molar-refractivity contribution in [1.29, 1.82) is 0 Å². The predicted molar refractivity (Wildman–Crippen MR) is 90.2 cm³/mol. The van der Waals surface area contributed by atoms with E-state index in [1.54, 1.807) is 0 Å². The molecule has 0 amide bonds. The molecule has 1 aliphatic heterocycles. The maximum atomic E-state index is 3.55. The van der Waals surface area contributed by atoms with E-state index in [9.17, 15) is 0 Å². The summed E-state index contributed by atoms with van der Waals surface area (Å²) in [6, 6.07) is 12.8. The van der Waals surface area contributed by atoms with Crippen LogP contribution in [-0.4, -0.2) is 6.98 Å². The van der Waals surface area contributed by atoms with Gasteiger partial charge < -0.3 is 10.5 Å². The molecular weight excluding hydrogens is 243 g/mol. The molecule has 0 unspecified atom stereocenters. The third kappa shape index (κ3) is 2.67. The van der Waals surface area contributed by atoms with Crippen molar-refractivity contribution in [3.8, 4) is 0 Å². The number of anilines is 2. The van der Waals surface area contributed by atoms with Gasteiger partial charge in [-0.2, -0.15) is 0 Å². The highest BCUT2D eigenvalue weighted by molar-refractivity contribution is 6.72. The lowest BCUT2D eigenvalue weighted by Crippen LogP contribution is -2.35. The summed E-state index contributed by atoms with van der Waals surface area (Å²) in [6.45, 7) is 4.71.